The first-order valence-corrected chi connectivity index (χ1v) is 21.2. The Hall–Kier alpha value is -6.86. The second kappa shape index (κ2) is 26.8. The van der Waals surface area contributed by atoms with Gasteiger partial charge in [-0.1, -0.05) is 52.3 Å². The van der Waals surface area contributed by atoms with Crippen LogP contribution < -0.4 is 54.4 Å². The summed E-state index contributed by atoms with van der Waals surface area (Å²) in [5.74, 6) is -11.3. The minimum Gasteiger partial charge on any atom is -0.481 e. The third-order valence-electron chi connectivity index (χ3n) is 10.4. The van der Waals surface area contributed by atoms with Crippen LogP contribution in [0.4, 0.5) is 0 Å². The molecule has 0 saturated heterocycles. The van der Waals surface area contributed by atoms with Crippen molar-refractivity contribution in [1.29, 1.82) is 0 Å². The first-order valence-electron chi connectivity index (χ1n) is 21.2. The number of carboxylic acids is 2. The Kier molecular flexibility index (Phi) is 22.5. The van der Waals surface area contributed by atoms with E-state index in [4.69, 9.17) is 17.2 Å². The topological polar surface area (TPSA) is 425 Å². The Bertz CT molecular complexity index is 2060. The number of hydrogen-bond acceptors (Lipinski definition) is 13. The van der Waals surface area contributed by atoms with Crippen LogP contribution in [0.5, 0.6) is 0 Å². The number of aliphatic carboxylic acids is 2. The summed E-state index contributed by atoms with van der Waals surface area (Å²) in [5, 5.41) is 57.0. The number of aliphatic imine (C=N–C) groups is 1. The molecule has 0 aliphatic heterocycles. The van der Waals surface area contributed by atoms with E-state index in [1.54, 1.807) is 51.2 Å². The average Bonchev–Trinajstić information content (AvgIpc) is 3.66. The quantitative estimate of drug-likeness (QED) is 0.0218. The SMILES string of the molecule is CC[C@H](C)[C@H](NC(=O)[C@H](CO)NC(=O)CNC(=O)[C@@H](N)CCCN=C(N)N)C(=O)N[C@@H](CC(=O)O)C(=O)N[C@H](C(=O)N[C@@H](Cc1c[nH]c2ccccc12)C(=O)N[C@H](C(=O)O)C(C)C)[C@@H](C)O. The standard InChI is InChI=1S/C41H64N12O13/c1-6-20(4)32(52-37(62)28(18-54)48-29(56)17-47-34(59)24(42)11-9-13-45-41(43)44)38(63)50-27(15-30(57)58)36(61)53-33(21(5)55)39(64)49-26(35(60)51-31(19(2)3)40(65)66)14-22-16-46-25-12-8-7-10-23(22)25/h7-8,10,12,16,19-21,24,26-28,31-33,46,54-55H,6,9,11,13-15,17-18,42H2,1-5H3,(H,47,59)(H,48,56)(H,49,64)(H,50,63)(H,51,60)(H,52,62)(H,53,61)(H,57,58)(H,65,66)(H4,43,44,45)/t20-,21+,24-,26-,27-,28-,31-,32-,33-/m0/s1. The van der Waals surface area contributed by atoms with Crippen molar-refractivity contribution < 1.29 is 63.6 Å². The Balaban J connectivity index is 2.25. The Labute approximate surface area is 380 Å². The average molecular weight is 933 g/mol. The van der Waals surface area contributed by atoms with Gasteiger partial charge in [-0.15, -0.1) is 0 Å². The molecule has 7 amide bonds. The number of guanidine groups is 1. The van der Waals surface area contributed by atoms with Crippen molar-refractivity contribution >= 4 is 70.2 Å². The van der Waals surface area contributed by atoms with E-state index >= 15 is 0 Å². The molecule has 0 spiro atoms. The van der Waals surface area contributed by atoms with Crippen LogP contribution in [0.1, 0.15) is 65.9 Å². The van der Waals surface area contributed by atoms with E-state index in [2.05, 4.69) is 47.2 Å². The number of hydrogen-bond donors (Lipinski definition) is 15. The summed E-state index contributed by atoms with van der Waals surface area (Å²) >= 11 is 0. The molecule has 25 heteroatoms. The molecule has 1 aromatic carbocycles. The van der Waals surface area contributed by atoms with Crippen molar-refractivity contribution in [3.8, 4) is 0 Å². The van der Waals surface area contributed by atoms with Crippen LogP contribution in [0.25, 0.3) is 10.9 Å². The van der Waals surface area contributed by atoms with Crippen LogP contribution in [-0.4, -0.2) is 153 Å². The monoisotopic (exact) mass is 932 g/mol. The second-order valence-electron chi connectivity index (χ2n) is 16.0. The molecule has 0 aliphatic rings. The van der Waals surface area contributed by atoms with Gasteiger partial charge in [-0.05, 0) is 43.2 Å². The molecular formula is C41H64N12O13. The van der Waals surface area contributed by atoms with Crippen molar-refractivity contribution in [1.82, 2.24) is 42.2 Å². The highest BCUT2D eigenvalue weighted by atomic mass is 16.4. The number of aliphatic hydroxyl groups excluding tert-OH is 2. The van der Waals surface area contributed by atoms with Gasteiger partial charge in [-0.2, -0.15) is 0 Å². The summed E-state index contributed by atoms with van der Waals surface area (Å²) in [4.78, 5) is 124. The van der Waals surface area contributed by atoms with Gasteiger partial charge in [-0.25, -0.2) is 4.79 Å². The summed E-state index contributed by atoms with van der Waals surface area (Å²) < 4.78 is 0. The van der Waals surface area contributed by atoms with E-state index in [9.17, 15) is 63.6 Å². The highest BCUT2D eigenvalue weighted by molar-refractivity contribution is 5.98. The molecule has 66 heavy (non-hydrogen) atoms. The van der Waals surface area contributed by atoms with Crippen molar-refractivity contribution in [3.05, 3.63) is 36.0 Å². The summed E-state index contributed by atoms with van der Waals surface area (Å²) in [6, 6.07) is -3.71. The zero-order chi connectivity index (χ0) is 49.8. The number of nitrogens with two attached hydrogens (primary N) is 3. The van der Waals surface area contributed by atoms with Crippen molar-refractivity contribution in [3.63, 3.8) is 0 Å². The van der Waals surface area contributed by atoms with Gasteiger partial charge in [0.2, 0.25) is 41.4 Å². The number of benzene rings is 1. The van der Waals surface area contributed by atoms with Crippen LogP contribution in [0, 0.1) is 11.8 Å². The van der Waals surface area contributed by atoms with E-state index in [1.807, 2.05) is 0 Å². The Morgan fingerprint density at radius 1 is 0.742 bits per heavy atom. The lowest BCUT2D eigenvalue weighted by Crippen LogP contribution is -2.62. The zero-order valence-corrected chi connectivity index (χ0v) is 37.5. The molecule has 1 aromatic heterocycles. The molecule has 25 nitrogen and oxygen atoms in total. The number of nitrogens with zero attached hydrogens (tertiary/aromatic N) is 1. The highest BCUT2D eigenvalue weighted by Crippen LogP contribution is 2.20. The smallest absolute Gasteiger partial charge is 0.326 e. The molecule has 18 N–H and O–H groups in total. The predicted molar refractivity (Wildman–Crippen MR) is 237 cm³/mol. The number of H-pyrrole nitrogens is 1. The lowest BCUT2D eigenvalue weighted by atomic mass is 9.97. The summed E-state index contributed by atoms with van der Waals surface area (Å²) in [6.07, 6.45) is -0.526. The zero-order valence-electron chi connectivity index (χ0n) is 37.5. The van der Waals surface area contributed by atoms with Crippen LogP contribution in [0.2, 0.25) is 0 Å². The Morgan fingerprint density at radius 3 is 1.89 bits per heavy atom. The van der Waals surface area contributed by atoms with Gasteiger partial charge in [-0.3, -0.25) is 43.3 Å². The van der Waals surface area contributed by atoms with Gasteiger partial charge >= 0.3 is 11.9 Å². The number of aromatic amines is 1. The molecule has 2 aromatic rings. The van der Waals surface area contributed by atoms with Gasteiger partial charge < -0.3 is 79.8 Å². The van der Waals surface area contributed by atoms with Crippen LogP contribution in [0.15, 0.2) is 35.5 Å². The van der Waals surface area contributed by atoms with Gasteiger partial charge in [0.1, 0.15) is 36.3 Å². The van der Waals surface area contributed by atoms with Crippen LogP contribution in [0.3, 0.4) is 0 Å². The number of rotatable bonds is 28. The fraction of sp³-hybridized carbons (Fsp3) is 0.561. The van der Waals surface area contributed by atoms with Crippen molar-refractivity contribution in [2.75, 3.05) is 19.7 Å². The minimum atomic E-state index is -1.92. The molecular weight excluding hydrogens is 869 g/mol. The summed E-state index contributed by atoms with van der Waals surface area (Å²) in [7, 11) is 0. The lowest BCUT2D eigenvalue weighted by Gasteiger charge is -2.29. The fourth-order valence-electron chi connectivity index (χ4n) is 6.41. The number of fused-ring (bicyclic) bond motifs is 1. The van der Waals surface area contributed by atoms with Gasteiger partial charge in [0, 0.05) is 30.1 Å². The first-order chi connectivity index (χ1) is 31.0. The normalized spacial score (nSPS) is 15.2. The van der Waals surface area contributed by atoms with Crippen LogP contribution in [-0.2, 0) is 49.6 Å². The maximum absolute atomic E-state index is 13.8. The predicted octanol–water partition coefficient (Wildman–Crippen LogP) is -4.25. The molecule has 0 aliphatic carbocycles. The van der Waals surface area contributed by atoms with Gasteiger partial charge in [0.25, 0.3) is 0 Å². The minimum absolute atomic E-state index is 0.129. The molecule has 1 heterocycles. The first kappa shape index (κ1) is 55.3. The van der Waals surface area contributed by atoms with Gasteiger partial charge in [0.15, 0.2) is 5.96 Å². The third kappa shape index (κ3) is 17.6. The number of para-hydroxylation sites is 1. The van der Waals surface area contributed by atoms with E-state index in [1.165, 1.54) is 6.92 Å². The maximum atomic E-state index is 13.8. The molecule has 2 rings (SSSR count). The number of carbonyl (C=O) groups excluding carboxylic acids is 7. The number of aliphatic hydroxyl groups is 2. The summed E-state index contributed by atoms with van der Waals surface area (Å²) in [6.45, 7) is 6.06. The second-order valence-corrected chi connectivity index (χ2v) is 16.0. The van der Waals surface area contributed by atoms with E-state index < -0.39 is 133 Å². The number of amides is 7. The largest absolute Gasteiger partial charge is 0.481 e. The van der Waals surface area contributed by atoms with Crippen LogP contribution >= 0.6 is 0 Å². The summed E-state index contributed by atoms with van der Waals surface area (Å²) in [5.41, 5.74) is 17.6. The highest BCUT2D eigenvalue weighted by Gasteiger charge is 2.37. The molecule has 0 unspecified atom stereocenters. The fourth-order valence-corrected chi connectivity index (χ4v) is 6.41. The number of carbonyl (C=O) groups is 9. The Morgan fingerprint density at radius 2 is 1.32 bits per heavy atom. The van der Waals surface area contributed by atoms with Crippen molar-refractivity contribution in [2.45, 2.75) is 115 Å². The van der Waals surface area contributed by atoms with Crippen molar-refractivity contribution in [2.24, 2.45) is 34.0 Å². The molecule has 0 fully saturated rings. The maximum Gasteiger partial charge on any atom is 0.326 e. The lowest BCUT2D eigenvalue weighted by molar-refractivity contribution is -0.143. The van der Waals surface area contributed by atoms with E-state index in [0.29, 0.717) is 22.9 Å². The number of nitrogens with one attached hydrogen (secondary N) is 8. The molecule has 366 valence electrons. The molecule has 9 atom stereocenters. The number of aromatic nitrogens is 1. The molecule has 0 saturated carbocycles. The van der Waals surface area contributed by atoms with Gasteiger partial charge in [0.05, 0.1) is 31.7 Å². The molecule has 0 radical (unpaired) electrons. The van der Waals surface area contributed by atoms with E-state index in [-0.39, 0.29) is 31.8 Å². The van der Waals surface area contributed by atoms with E-state index in [0.717, 1.165) is 6.92 Å². The number of carboxylic acid groups (broad SMARTS) is 2. The molecule has 0 bridgehead atoms. The third-order valence-corrected chi connectivity index (χ3v) is 10.4.